The van der Waals surface area contributed by atoms with Crippen LogP contribution in [-0.4, -0.2) is 127 Å². The van der Waals surface area contributed by atoms with Gasteiger partial charge in [-0.15, -0.1) is 0 Å². The van der Waals surface area contributed by atoms with Crippen molar-refractivity contribution in [2.75, 3.05) is 67.9 Å². The van der Waals surface area contributed by atoms with Crippen molar-refractivity contribution in [2.24, 2.45) is 11.3 Å². The fourth-order valence-corrected chi connectivity index (χ4v) is 13.3. The molecule has 5 aliphatic rings. The molecular weight excluding hydrogens is 1110 g/mol. The minimum Gasteiger partial charge on any atom is -0.455 e. The number of H-pyrrole nitrogens is 1. The van der Waals surface area contributed by atoms with Crippen molar-refractivity contribution in [2.45, 2.75) is 88.6 Å². The van der Waals surface area contributed by atoms with Gasteiger partial charge in [0.1, 0.15) is 28.9 Å². The number of carbonyl (C=O) groups excluding carboxylic acids is 5. The van der Waals surface area contributed by atoms with Crippen LogP contribution in [0.15, 0.2) is 114 Å². The number of ether oxygens (including phenoxy) is 1. The lowest BCUT2D eigenvalue weighted by Crippen LogP contribution is -2.54. The van der Waals surface area contributed by atoms with Crippen molar-refractivity contribution in [1.82, 2.24) is 35.1 Å². The van der Waals surface area contributed by atoms with Gasteiger partial charge in [0.05, 0.1) is 32.7 Å². The van der Waals surface area contributed by atoms with Crippen LogP contribution in [0.1, 0.15) is 108 Å². The van der Waals surface area contributed by atoms with Gasteiger partial charge in [0.25, 0.3) is 33.4 Å². The van der Waals surface area contributed by atoms with E-state index in [4.69, 9.17) is 16.3 Å². The molecule has 0 radical (unpaired) electrons. The molecule has 2 saturated heterocycles. The molecule has 3 aliphatic heterocycles. The summed E-state index contributed by atoms with van der Waals surface area (Å²) >= 11 is 6.27. The van der Waals surface area contributed by atoms with Gasteiger partial charge in [-0.05, 0) is 134 Å². The molecule has 0 spiro atoms. The first-order chi connectivity index (χ1) is 40.4. The monoisotopic (exact) mass is 1180 g/mol. The highest BCUT2D eigenvalue weighted by Gasteiger charge is 2.46. The van der Waals surface area contributed by atoms with E-state index in [0.29, 0.717) is 54.8 Å². The summed E-state index contributed by atoms with van der Waals surface area (Å²) < 4.78 is 36.4. The van der Waals surface area contributed by atoms with E-state index in [2.05, 4.69) is 71.7 Å². The maximum atomic E-state index is 14.2. The zero-order valence-electron chi connectivity index (χ0n) is 46.7. The molecule has 6 aromatic rings. The first kappa shape index (κ1) is 57.6. The molecular formula is C61H66ClN11O10S. The zero-order valence-corrected chi connectivity index (χ0v) is 48.2. The Bertz CT molecular complexity index is 3720. The van der Waals surface area contributed by atoms with Crippen LogP contribution < -0.4 is 35.6 Å². The van der Waals surface area contributed by atoms with E-state index in [1.54, 1.807) is 42.6 Å². The normalized spacial score (nSPS) is 20.2. The number of nitro groups is 1. The highest BCUT2D eigenvalue weighted by atomic mass is 35.5. The fourth-order valence-electron chi connectivity index (χ4n) is 12.2. The molecule has 84 heavy (non-hydrogen) atoms. The summed E-state index contributed by atoms with van der Waals surface area (Å²) in [7, 11) is -4.65. The third-order valence-corrected chi connectivity index (χ3v) is 18.4. The lowest BCUT2D eigenvalue weighted by molar-refractivity contribution is -0.384. The molecule has 438 valence electrons. The van der Waals surface area contributed by atoms with Crippen LogP contribution in [0.25, 0.3) is 16.6 Å². The van der Waals surface area contributed by atoms with Gasteiger partial charge in [-0.1, -0.05) is 49.2 Å². The third-order valence-electron chi connectivity index (χ3n) is 16.8. The lowest BCUT2D eigenvalue weighted by atomic mass is 9.72. The summed E-state index contributed by atoms with van der Waals surface area (Å²) in [5, 5.41) is 26.1. The smallest absolute Gasteiger partial charge is 0.293 e. The van der Waals surface area contributed by atoms with Crippen LogP contribution in [0.3, 0.4) is 0 Å². The number of aromatic amines is 1. The number of nitro benzene ring substituents is 1. The van der Waals surface area contributed by atoms with Gasteiger partial charge in [-0.3, -0.25) is 49.2 Å². The Morgan fingerprint density at radius 1 is 0.869 bits per heavy atom. The average molecular weight is 1180 g/mol. The number of rotatable bonds is 19. The number of sulfonamides is 1. The van der Waals surface area contributed by atoms with Gasteiger partial charge >= 0.3 is 0 Å². The van der Waals surface area contributed by atoms with Gasteiger partial charge < -0.3 is 30.6 Å². The standard InChI is InChI=1S/C61H66ClN11O10S/c1-61(2)22-20-40(48(33-61)38-8-10-41(62)11-9-38)36-70-26-28-71(29-27-70)43-14-16-46(53(31-43)83-44-30-39-21-23-65-56(39)67-35-44)57(75)69-84(81,82)45-15-17-49(52(32-45)73(79)80)66-34-37-6-12-42(13-7-37)63-24-25-64-50-5-3-4-47-55(50)60(78)72(59(47)77)51-18-19-54(74)68-58(51)76/h3-5,8-11,14-17,21,23,30-32,35,37,42,51,63-64,66H,6-7,12-13,18-20,22,24-29,33-34,36H2,1-2H3,(H,65,67)(H,69,75)(H,68,74,76)/t37-,42-,51?. The molecule has 2 aliphatic carbocycles. The van der Waals surface area contributed by atoms with E-state index in [9.17, 15) is 42.5 Å². The molecule has 6 N–H and O–H groups in total. The summed E-state index contributed by atoms with van der Waals surface area (Å²) in [5.41, 5.74) is 6.15. The number of piperidine rings is 1. The quantitative estimate of drug-likeness (QED) is 0.0191. The number of hydrogen-bond acceptors (Lipinski definition) is 16. The van der Waals surface area contributed by atoms with Crippen molar-refractivity contribution in [3.8, 4) is 11.5 Å². The van der Waals surface area contributed by atoms with Gasteiger partial charge in [-0.2, -0.15) is 0 Å². The topological polar surface area (TPSA) is 270 Å². The molecule has 1 atom stereocenters. The molecule has 0 bridgehead atoms. The minimum absolute atomic E-state index is 0.0320. The number of carbonyl (C=O) groups is 5. The third kappa shape index (κ3) is 12.7. The van der Waals surface area contributed by atoms with Crippen molar-refractivity contribution in [3.63, 3.8) is 0 Å². The van der Waals surface area contributed by atoms with E-state index in [0.717, 1.165) is 86.6 Å². The van der Waals surface area contributed by atoms with Gasteiger partial charge in [0, 0.05) is 105 Å². The summed E-state index contributed by atoms with van der Waals surface area (Å²) in [6.07, 6.45) is 9.78. The van der Waals surface area contributed by atoms with Gasteiger partial charge in [0.2, 0.25) is 11.8 Å². The number of piperazine rings is 1. The molecule has 11 rings (SSSR count). The number of halogens is 1. The molecule has 5 amide bonds. The molecule has 1 unspecified atom stereocenters. The second-order valence-electron chi connectivity index (χ2n) is 23.1. The number of nitrogens with one attached hydrogen (secondary N) is 6. The van der Waals surface area contributed by atoms with Crippen LogP contribution in [-0.2, 0) is 19.6 Å². The number of benzene rings is 4. The maximum Gasteiger partial charge on any atom is 0.293 e. The fraction of sp³-hybridized carbons (Fsp3) is 0.377. The van der Waals surface area contributed by atoms with Crippen molar-refractivity contribution < 1.29 is 42.1 Å². The van der Waals surface area contributed by atoms with Gasteiger partial charge in [0.15, 0.2) is 0 Å². The Labute approximate surface area is 491 Å². The van der Waals surface area contributed by atoms with E-state index >= 15 is 0 Å². The number of anilines is 3. The molecule has 2 aromatic heterocycles. The molecule has 5 heterocycles. The Kier molecular flexibility index (Phi) is 16.6. The number of aromatic nitrogens is 2. The van der Waals surface area contributed by atoms with Crippen LogP contribution in [0.5, 0.6) is 11.5 Å². The Morgan fingerprint density at radius 2 is 1.65 bits per heavy atom. The first-order valence-corrected chi connectivity index (χ1v) is 30.3. The average Bonchev–Trinajstić information content (AvgIpc) is 4.24. The Balaban J connectivity index is 0.695. The molecule has 23 heteroatoms. The first-order valence-electron chi connectivity index (χ1n) is 28.5. The Hall–Kier alpha value is -8.18. The summed E-state index contributed by atoms with van der Waals surface area (Å²) in [4.78, 5) is 89.6. The maximum absolute atomic E-state index is 14.2. The second-order valence-corrected chi connectivity index (χ2v) is 25.2. The molecule has 4 aromatic carbocycles. The summed E-state index contributed by atoms with van der Waals surface area (Å²) in [6.45, 7) is 9.88. The van der Waals surface area contributed by atoms with E-state index in [-0.39, 0.29) is 58.3 Å². The number of nitrogens with zero attached hydrogens (tertiary/aromatic N) is 5. The summed E-state index contributed by atoms with van der Waals surface area (Å²) in [6, 6.07) is 24.3. The zero-order chi connectivity index (χ0) is 58.9. The lowest BCUT2D eigenvalue weighted by Gasteiger charge is -2.39. The predicted octanol–water partition coefficient (Wildman–Crippen LogP) is 8.90. The Morgan fingerprint density at radius 3 is 2.42 bits per heavy atom. The van der Waals surface area contributed by atoms with E-state index in [1.807, 2.05) is 18.2 Å². The number of hydrogen-bond donors (Lipinski definition) is 6. The highest BCUT2D eigenvalue weighted by molar-refractivity contribution is 7.90. The van der Waals surface area contributed by atoms with Crippen LogP contribution in [0.4, 0.5) is 22.7 Å². The number of amides is 5. The number of imide groups is 2. The SMILES string of the molecule is CC1(C)CCC(CN2CCN(c3ccc(C(=O)NS(=O)(=O)c4ccc(NC[C@H]5CC[C@H](NCCNc6cccc7c6C(=O)N(C6CCC(=O)NC6=O)C7=O)CC5)c([N+](=O)[O-])c4)c(Oc4cnc5[nH]ccc5c4)c3)CC2)=C(c2ccc(Cl)cc2)C1. The second kappa shape index (κ2) is 24.2. The van der Waals surface area contributed by atoms with E-state index < -0.39 is 61.1 Å². The van der Waals surface area contributed by atoms with Crippen molar-refractivity contribution in [3.05, 3.63) is 146 Å². The van der Waals surface area contributed by atoms with Crippen molar-refractivity contribution in [1.29, 1.82) is 0 Å². The van der Waals surface area contributed by atoms with E-state index in [1.165, 1.54) is 41.1 Å². The minimum atomic E-state index is -4.65. The molecule has 3 fully saturated rings. The number of allylic oxidation sites excluding steroid dienone is 1. The number of pyridine rings is 1. The van der Waals surface area contributed by atoms with Gasteiger partial charge in [-0.25, -0.2) is 18.1 Å². The molecule has 21 nitrogen and oxygen atoms in total. The summed E-state index contributed by atoms with van der Waals surface area (Å²) in [5.74, 6) is -2.66. The largest absolute Gasteiger partial charge is 0.455 e. The highest BCUT2D eigenvalue weighted by Crippen LogP contribution is 2.44. The van der Waals surface area contributed by atoms with Crippen molar-refractivity contribution >= 4 is 90.5 Å². The number of fused-ring (bicyclic) bond motifs is 2. The van der Waals surface area contributed by atoms with Crippen LogP contribution in [0, 0.1) is 21.4 Å². The van der Waals surface area contributed by atoms with Crippen LogP contribution >= 0.6 is 11.6 Å². The predicted molar refractivity (Wildman–Crippen MR) is 319 cm³/mol. The van der Waals surface area contributed by atoms with Crippen LogP contribution in [0.2, 0.25) is 5.02 Å². The molecule has 1 saturated carbocycles.